The molecule has 2 aromatic rings. The van der Waals surface area contributed by atoms with Crippen LogP contribution in [0.15, 0.2) is 6.20 Å². The fraction of sp³-hybridized carbons (Fsp3) is 0.643. The van der Waals surface area contributed by atoms with Gasteiger partial charge in [0.15, 0.2) is 5.65 Å². The highest BCUT2D eigenvalue weighted by Gasteiger charge is 2.41. The third-order valence-corrected chi connectivity index (χ3v) is 5.13. The van der Waals surface area contributed by atoms with Crippen molar-refractivity contribution in [3.8, 4) is 0 Å². The highest BCUT2D eigenvalue weighted by Crippen LogP contribution is 2.49. The minimum atomic E-state index is 0.282. The zero-order valence-electron chi connectivity index (χ0n) is 11.6. The van der Waals surface area contributed by atoms with Crippen LogP contribution in [0.4, 0.5) is 11.8 Å². The number of hydrogen-bond donors (Lipinski definition) is 3. The fourth-order valence-corrected chi connectivity index (χ4v) is 4.19. The number of fused-ring (bicyclic) bond motifs is 3. The zero-order chi connectivity index (χ0) is 13.7. The number of aromatic amines is 1. The van der Waals surface area contributed by atoms with Crippen molar-refractivity contribution in [2.24, 2.45) is 17.8 Å². The molecule has 6 heteroatoms. The molecule has 2 aromatic heterocycles. The lowest BCUT2D eigenvalue weighted by Crippen LogP contribution is -2.30. The summed E-state index contributed by atoms with van der Waals surface area (Å²) in [5.41, 5.74) is 6.46. The number of rotatable bonds is 3. The number of H-pyrrole nitrogens is 1. The van der Waals surface area contributed by atoms with Gasteiger partial charge in [0.1, 0.15) is 5.82 Å². The smallest absolute Gasteiger partial charge is 0.224 e. The van der Waals surface area contributed by atoms with E-state index in [9.17, 15) is 0 Å². The second-order valence-electron chi connectivity index (χ2n) is 6.33. The first-order valence-corrected chi connectivity index (χ1v) is 7.44. The molecule has 0 amide bonds. The summed E-state index contributed by atoms with van der Waals surface area (Å²) in [6.45, 7) is 2.26. The summed E-state index contributed by atoms with van der Waals surface area (Å²) in [7, 11) is 0. The maximum atomic E-state index is 5.76. The normalized spacial score (nSPS) is 29.9. The molecule has 20 heavy (non-hydrogen) atoms. The number of nitrogen functional groups attached to an aromatic ring is 1. The molecule has 6 nitrogen and oxygen atoms in total. The van der Waals surface area contributed by atoms with Gasteiger partial charge in [-0.15, -0.1) is 0 Å². The molecule has 2 aliphatic carbocycles. The molecule has 2 saturated carbocycles. The SMILES string of the molecule is CC(Nc1nc(N)nc2[nH]ncc12)C1CC2CCC1C2. The van der Waals surface area contributed by atoms with Crippen molar-refractivity contribution in [2.75, 3.05) is 11.1 Å². The van der Waals surface area contributed by atoms with Gasteiger partial charge in [-0.25, -0.2) is 0 Å². The molecular formula is C14H20N6. The van der Waals surface area contributed by atoms with Gasteiger partial charge in [0.05, 0.1) is 11.6 Å². The summed E-state index contributed by atoms with van der Waals surface area (Å²) in [4.78, 5) is 8.49. The lowest BCUT2D eigenvalue weighted by molar-refractivity contribution is 0.304. The molecule has 4 rings (SSSR count). The molecule has 0 aliphatic heterocycles. The van der Waals surface area contributed by atoms with Gasteiger partial charge in [-0.05, 0) is 43.9 Å². The molecule has 2 aliphatic rings. The Hall–Kier alpha value is -1.85. The van der Waals surface area contributed by atoms with Crippen molar-refractivity contribution in [1.82, 2.24) is 20.2 Å². The van der Waals surface area contributed by atoms with E-state index in [0.29, 0.717) is 11.7 Å². The number of nitrogens with zero attached hydrogens (tertiary/aromatic N) is 3. The Morgan fingerprint density at radius 3 is 3.00 bits per heavy atom. The molecule has 106 valence electrons. The molecule has 0 aromatic carbocycles. The molecule has 0 saturated heterocycles. The Bertz CT molecular complexity index is 636. The Labute approximate surface area is 117 Å². The van der Waals surface area contributed by atoms with Crippen LogP contribution in [0, 0.1) is 17.8 Å². The predicted octanol–water partition coefficient (Wildman–Crippen LogP) is 2.17. The van der Waals surface area contributed by atoms with Gasteiger partial charge >= 0.3 is 0 Å². The van der Waals surface area contributed by atoms with Crippen molar-refractivity contribution >= 4 is 22.8 Å². The standard InChI is InChI=1S/C14H20N6/c1-7(10-5-8-2-3-9(10)4-8)17-12-11-6-16-20-13(11)19-14(15)18-12/h6-10H,2-5H2,1H3,(H4,15,16,17,18,19,20). The van der Waals surface area contributed by atoms with Crippen molar-refractivity contribution in [1.29, 1.82) is 0 Å². The van der Waals surface area contributed by atoms with E-state index in [2.05, 4.69) is 32.4 Å². The van der Waals surface area contributed by atoms with Crippen molar-refractivity contribution in [3.63, 3.8) is 0 Å². The zero-order valence-corrected chi connectivity index (χ0v) is 11.6. The lowest BCUT2D eigenvalue weighted by Gasteiger charge is -2.29. The van der Waals surface area contributed by atoms with Crippen LogP contribution < -0.4 is 11.1 Å². The van der Waals surface area contributed by atoms with E-state index < -0.39 is 0 Å². The van der Waals surface area contributed by atoms with Crippen LogP contribution >= 0.6 is 0 Å². The Kier molecular flexibility index (Phi) is 2.58. The van der Waals surface area contributed by atoms with Gasteiger partial charge < -0.3 is 11.1 Å². The summed E-state index contributed by atoms with van der Waals surface area (Å²) in [5, 5.41) is 11.3. The topological polar surface area (TPSA) is 92.5 Å². The predicted molar refractivity (Wildman–Crippen MR) is 78.1 cm³/mol. The van der Waals surface area contributed by atoms with Gasteiger partial charge in [-0.2, -0.15) is 15.1 Å². The molecule has 2 fully saturated rings. The first-order chi connectivity index (χ1) is 9.70. The second-order valence-corrected chi connectivity index (χ2v) is 6.33. The van der Waals surface area contributed by atoms with Gasteiger partial charge in [-0.1, -0.05) is 6.42 Å². The van der Waals surface area contributed by atoms with Crippen LogP contribution in [-0.2, 0) is 0 Å². The molecule has 0 radical (unpaired) electrons. The van der Waals surface area contributed by atoms with Gasteiger partial charge in [0.2, 0.25) is 5.95 Å². The summed E-state index contributed by atoms with van der Waals surface area (Å²) in [6.07, 6.45) is 7.36. The Balaban J connectivity index is 1.59. The molecule has 4 atom stereocenters. The maximum Gasteiger partial charge on any atom is 0.224 e. The highest BCUT2D eigenvalue weighted by molar-refractivity contribution is 5.86. The summed E-state index contributed by atoms with van der Waals surface area (Å²) in [6, 6.07) is 0.415. The first-order valence-electron chi connectivity index (χ1n) is 7.44. The van der Waals surface area contributed by atoms with Crippen LogP contribution in [0.2, 0.25) is 0 Å². The monoisotopic (exact) mass is 272 g/mol. The molecule has 2 bridgehead atoms. The third kappa shape index (κ3) is 1.82. The minimum Gasteiger partial charge on any atom is -0.368 e. The van der Waals surface area contributed by atoms with Gasteiger partial charge in [-0.3, -0.25) is 5.10 Å². The van der Waals surface area contributed by atoms with E-state index in [-0.39, 0.29) is 5.95 Å². The number of anilines is 2. The summed E-state index contributed by atoms with van der Waals surface area (Å²) < 4.78 is 0. The van der Waals surface area contributed by atoms with Crippen LogP contribution in [0.3, 0.4) is 0 Å². The van der Waals surface area contributed by atoms with Crippen LogP contribution in [0.1, 0.15) is 32.6 Å². The van der Waals surface area contributed by atoms with E-state index in [0.717, 1.165) is 29.0 Å². The largest absolute Gasteiger partial charge is 0.368 e. The summed E-state index contributed by atoms with van der Waals surface area (Å²) in [5.74, 6) is 3.69. The van der Waals surface area contributed by atoms with E-state index in [4.69, 9.17) is 5.73 Å². The molecular weight excluding hydrogens is 252 g/mol. The van der Waals surface area contributed by atoms with Crippen molar-refractivity contribution < 1.29 is 0 Å². The molecule has 0 spiro atoms. The lowest BCUT2D eigenvalue weighted by atomic mass is 9.84. The summed E-state index contributed by atoms with van der Waals surface area (Å²) >= 11 is 0. The van der Waals surface area contributed by atoms with Crippen LogP contribution in [-0.4, -0.2) is 26.2 Å². The van der Waals surface area contributed by atoms with Gasteiger partial charge in [0, 0.05) is 6.04 Å². The minimum absolute atomic E-state index is 0.282. The van der Waals surface area contributed by atoms with E-state index in [1.165, 1.54) is 25.7 Å². The average molecular weight is 272 g/mol. The maximum absolute atomic E-state index is 5.76. The molecule has 4 unspecified atom stereocenters. The quantitative estimate of drug-likeness (QED) is 0.796. The second kappa shape index (κ2) is 4.33. The Morgan fingerprint density at radius 1 is 1.35 bits per heavy atom. The van der Waals surface area contributed by atoms with Crippen molar-refractivity contribution in [2.45, 2.75) is 38.6 Å². The third-order valence-electron chi connectivity index (χ3n) is 5.13. The average Bonchev–Trinajstić information content (AvgIpc) is 3.13. The number of hydrogen-bond acceptors (Lipinski definition) is 5. The van der Waals surface area contributed by atoms with E-state index in [1.54, 1.807) is 6.20 Å². The van der Waals surface area contributed by atoms with Gasteiger partial charge in [0.25, 0.3) is 0 Å². The highest BCUT2D eigenvalue weighted by atomic mass is 15.2. The molecule has 2 heterocycles. The fourth-order valence-electron chi connectivity index (χ4n) is 4.19. The molecule has 4 N–H and O–H groups in total. The first kappa shape index (κ1) is 11.9. The van der Waals surface area contributed by atoms with Crippen LogP contribution in [0.5, 0.6) is 0 Å². The Morgan fingerprint density at radius 2 is 2.25 bits per heavy atom. The number of nitrogens with one attached hydrogen (secondary N) is 2. The van der Waals surface area contributed by atoms with Crippen LogP contribution in [0.25, 0.3) is 11.0 Å². The van der Waals surface area contributed by atoms with E-state index in [1.807, 2.05) is 0 Å². The van der Waals surface area contributed by atoms with Crippen molar-refractivity contribution in [3.05, 3.63) is 6.20 Å². The van der Waals surface area contributed by atoms with E-state index >= 15 is 0 Å². The number of aromatic nitrogens is 4. The number of nitrogens with two attached hydrogens (primary N) is 1.